The Kier molecular flexibility index (Phi) is 3.98. The van der Waals surface area contributed by atoms with Crippen LogP contribution < -0.4 is 4.72 Å². The average Bonchev–Trinajstić information content (AvgIpc) is 2.39. The van der Waals surface area contributed by atoms with Crippen LogP contribution in [0.2, 0.25) is 5.02 Å². The minimum Gasteiger partial charge on any atom is -0.278 e. The van der Waals surface area contributed by atoms with E-state index in [1.807, 2.05) is 6.07 Å². The highest BCUT2D eigenvalue weighted by molar-refractivity contribution is 7.92. The van der Waals surface area contributed by atoms with Crippen LogP contribution in [0.1, 0.15) is 11.1 Å². The summed E-state index contributed by atoms with van der Waals surface area (Å²) in [5, 5.41) is 9.24. The second-order valence-electron chi connectivity index (χ2n) is 4.15. The van der Waals surface area contributed by atoms with Gasteiger partial charge < -0.3 is 0 Å². The maximum absolute atomic E-state index is 12.3. The van der Waals surface area contributed by atoms with E-state index in [-0.39, 0.29) is 15.6 Å². The van der Waals surface area contributed by atoms with Gasteiger partial charge in [-0.3, -0.25) is 4.72 Å². The van der Waals surface area contributed by atoms with E-state index in [0.717, 1.165) is 0 Å². The lowest BCUT2D eigenvalue weighted by atomic mass is 10.1. The zero-order chi connectivity index (χ0) is 14.8. The molecule has 20 heavy (non-hydrogen) atoms. The molecule has 6 heteroatoms. The summed E-state index contributed by atoms with van der Waals surface area (Å²) in [6.45, 7) is 1.74. The Balaban J connectivity index is 2.48. The van der Waals surface area contributed by atoms with Crippen LogP contribution in [0.15, 0.2) is 47.4 Å². The predicted molar refractivity (Wildman–Crippen MR) is 78.2 cm³/mol. The summed E-state index contributed by atoms with van der Waals surface area (Å²) in [6, 6.07) is 13.1. The molecule has 0 heterocycles. The summed E-state index contributed by atoms with van der Waals surface area (Å²) < 4.78 is 27.0. The van der Waals surface area contributed by atoms with Crippen molar-refractivity contribution in [1.82, 2.24) is 0 Å². The second kappa shape index (κ2) is 5.53. The molecule has 102 valence electrons. The van der Waals surface area contributed by atoms with Crippen LogP contribution >= 0.6 is 11.6 Å². The molecule has 0 aliphatic rings. The lowest BCUT2D eigenvalue weighted by Crippen LogP contribution is -2.14. The number of nitrogens with zero attached hydrogens (tertiary/aromatic N) is 1. The Morgan fingerprint density at radius 2 is 1.85 bits per heavy atom. The fourth-order valence-corrected chi connectivity index (χ4v) is 3.36. The lowest BCUT2D eigenvalue weighted by Gasteiger charge is -2.11. The molecule has 0 amide bonds. The van der Waals surface area contributed by atoms with Gasteiger partial charge in [0.1, 0.15) is 11.0 Å². The van der Waals surface area contributed by atoms with E-state index < -0.39 is 10.0 Å². The molecule has 0 fully saturated rings. The highest BCUT2D eigenvalue weighted by atomic mass is 35.5. The summed E-state index contributed by atoms with van der Waals surface area (Å²) in [5.41, 5.74) is 1.24. The number of rotatable bonds is 3. The van der Waals surface area contributed by atoms with Crippen LogP contribution in [0.3, 0.4) is 0 Å². The first-order valence-corrected chi connectivity index (χ1v) is 7.59. The quantitative estimate of drug-likeness (QED) is 0.945. The third-order valence-corrected chi connectivity index (χ3v) is 4.62. The zero-order valence-corrected chi connectivity index (χ0v) is 12.2. The van der Waals surface area contributed by atoms with Crippen LogP contribution in [0.4, 0.5) is 5.69 Å². The largest absolute Gasteiger partial charge is 0.278 e. The zero-order valence-electron chi connectivity index (χ0n) is 10.6. The van der Waals surface area contributed by atoms with Gasteiger partial charge >= 0.3 is 0 Å². The van der Waals surface area contributed by atoms with Crippen LogP contribution in [-0.2, 0) is 10.0 Å². The molecule has 0 aliphatic heterocycles. The number of halogens is 1. The van der Waals surface area contributed by atoms with E-state index in [2.05, 4.69) is 4.72 Å². The Bertz CT molecular complexity index is 795. The fraction of sp³-hybridized carbons (Fsp3) is 0.0714. The Morgan fingerprint density at radius 1 is 1.15 bits per heavy atom. The van der Waals surface area contributed by atoms with Gasteiger partial charge in [-0.25, -0.2) is 8.42 Å². The summed E-state index contributed by atoms with van der Waals surface area (Å²) >= 11 is 5.90. The molecule has 0 aromatic heterocycles. The van der Waals surface area contributed by atoms with Gasteiger partial charge in [0, 0.05) is 0 Å². The molecule has 0 spiro atoms. The Morgan fingerprint density at radius 3 is 2.50 bits per heavy atom. The SMILES string of the molecule is Cc1cccc(NS(=O)(=O)c2ccccc2Cl)c1C#N. The molecular weight excluding hydrogens is 296 g/mol. The molecule has 1 N–H and O–H groups in total. The first-order chi connectivity index (χ1) is 9.45. The van der Waals surface area contributed by atoms with Crippen molar-refractivity contribution in [2.75, 3.05) is 4.72 Å². The number of sulfonamides is 1. The van der Waals surface area contributed by atoms with Crippen LogP contribution in [-0.4, -0.2) is 8.42 Å². The summed E-state index contributed by atoms with van der Waals surface area (Å²) in [4.78, 5) is -0.0212. The van der Waals surface area contributed by atoms with Gasteiger partial charge in [-0.05, 0) is 30.7 Å². The highest BCUT2D eigenvalue weighted by Crippen LogP contribution is 2.25. The highest BCUT2D eigenvalue weighted by Gasteiger charge is 2.19. The maximum atomic E-state index is 12.3. The average molecular weight is 307 g/mol. The number of aryl methyl sites for hydroxylation is 1. The van der Waals surface area contributed by atoms with Gasteiger partial charge in [0.2, 0.25) is 0 Å². The molecule has 0 aliphatic carbocycles. The smallest absolute Gasteiger partial charge is 0.263 e. The molecule has 0 bridgehead atoms. The first-order valence-electron chi connectivity index (χ1n) is 5.73. The van der Waals surface area contributed by atoms with Gasteiger partial charge in [-0.1, -0.05) is 35.9 Å². The van der Waals surface area contributed by atoms with E-state index in [1.165, 1.54) is 12.1 Å². The third kappa shape index (κ3) is 2.77. The Labute approximate surface area is 122 Å². The number of nitrogens with one attached hydrogen (secondary N) is 1. The number of hydrogen-bond acceptors (Lipinski definition) is 3. The van der Waals surface area contributed by atoms with Crippen molar-refractivity contribution in [3.63, 3.8) is 0 Å². The van der Waals surface area contributed by atoms with Crippen molar-refractivity contribution in [2.45, 2.75) is 11.8 Å². The number of benzene rings is 2. The predicted octanol–water partition coefficient (Wildman–Crippen LogP) is 3.32. The molecule has 0 radical (unpaired) electrons. The van der Waals surface area contributed by atoms with Crippen molar-refractivity contribution in [1.29, 1.82) is 5.26 Å². The van der Waals surface area contributed by atoms with Crippen LogP contribution in [0.5, 0.6) is 0 Å². The second-order valence-corrected chi connectivity index (χ2v) is 6.20. The van der Waals surface area contributed by atoms with Crippen molar-refractivity contribution < 1.29 is 8.42 Å². The van der Waals surface area contributed by atoms with E-state index >= 15 is 0 Å². The summed E-state index contributed by atoms with van der Waals surface area (Å²) in [5.74, 6) is 0. The van der Waals surface area contributed by atoms with E-state index in [0.29, 0.717) is 11.1 Å². The normalized spacial score (nSPS) is 10.8. The number of nitriles is 1. The van der Waals surface area contributed by atoms with Crippen molar-refractivity contribution in [2.24, 2.45) is 0 Å². The third-order valence-electron chi connectivity index (χ3n) is 2.76. The fourth-order valence-electron chi connectivity index (χ4n) is 1.76. The van der Waals surface area contributed by atoms with Gasteiger partial charge in [0.15, 0.2) is 0 Å². The van der Waals surface area contributed by atoms with Crippen molar-refractivity contribution in [3.05, 3.63) is 58.6 Å². The van der Waals surface area contributed by atoms with Gasteiger partial charge in [0.05, 0.1) is 16.3 Å². The molecule has 2 aromatic carbocycles. The molecule has 0 saturated heterocycles. The first kappa shape index (κ1) is 14.4. The molecule has 0 saturated carbocycles. The minimum absolute atomic E-state index is 0.0212. The van der Waals surface area contributed by atoms with E-state index in [1.54, 1.807) is 37.3 Å². The molecule has 4 nitrogen and oxygen atoms in total. The van der Waals surface area contributed by atoms with Crippen molar-refractivity contribution in [3.8, 4) is 6.07 Å². The van der Waals surface area contributed by atoms with Gasteiger partial charge in [-0.15, -0.1) is 0 Å². The lowest BCUT2D eigenvalue weighted by molar-refractivity contribution is 0.601. The summed E-state index contributed by atoms with van der Waals surface area (Å²) in [6.07, 6.45) is 0. The summed E-state index contributed by atoms with van der Waals surface area (Å²) in [7, 11) is -3.83. The van der Waals surface area contributed by atoms with Gasteiger partial charge in [-0.2, -0.15) is 5.26 Å². The molecular formula is C14H11ClN2O2S. The molecule has 0 unspecified atom stereocenters. The van der Waals surface area contributed by atoms with Crippen LogP contribution in [0.25, 0.3) is 0 Å². The topological polar surface area (TPSA) is 70.0 Å². The molecule has 0 atom stereocenters. The Hall–Kier alpha value is -2.03. The maximum Gasteiger partial charge on any atom is 0.263 e. The van der Waals surface area contributed by atoms with Crippen molar-refractivity contribution >= 4 is 27.3 Å². The van der Waals surface area contributed by atoms with Gasteiger partial charge in [0.25, 0.3) is 10.0 Å². The molecule has 2 aromatic rings. The van der Waals surface area contributed by atoms with Crippen LogP contribution in [0, 0.1) is 18.3 Å². The number of anilines is 1. The number of hydrogen-bond donors (Lipinski definition) is 1. The standard InChI is InChI=1S/C14H11ClN2O2S/c1-10-5-4-7-13(11(10)9-16)17-20(18,19)14-8-3-2-6-12(14)15/h2-8,17H,1H3. The van der Waals surface area contributed by atoms with E-state index in [9.17, 15) is 8.42 Å². The molecule has 2 rings (SSSR count). The minimum atomic E-state index is -3.83. The monoisotopic (exact) mass is 306 g/mol. The van der Waals surface area contributed by atoms with E-state index in [4.69, 9.17) is 16.9 Å².